The second kappa shape index (κ2) is 9.28. The maximum Gasteiger partial charge on any atom is 0.248 e. The van der Waals surface area contributed by atoms with Gasteiger partial charge in [0.2, 0.25) is 15.9 Å². The molecule has 0 aliphatic carbocycles. The molecule has 1 amide bonds. The molecule has 29 heavy (non-hydrogen) atoms. The van der Waals surface area contributed by atoms with E-state index in [1.54, 1.807) is 56.6 Å². The third kappa shape index (κ3) is 5.95. The Morgan fingerprint density at radius 3 is 2.10 bits per heavy atom. The molecule has 1 N–H and O–H groups in total. The molecule has 0 radical (unpaired) electrons. The number of benzene rings is 1. The van der Waals surface area contributed by atoms with Crippen LogP contribution < -0.4 is 5.32 Å². The number of sulfonamides is 1. The maximum atomic E-state index is 12.5. The van der Waals surface area contributed by atoms with E-state index in [1.165, 1.54) is 10.4 Å². The quantitative estimate of drug-likeness (QED) is 0.698. The lowest BCUT2D eigenvalue weighted by atomic mass is 9.96. The summed E-state index contributed by atoms with van der Waals surface area (Å²) in [7, 11) is -3.49. The van der Waals surface area contributed by atoms with Crippen molar-refractivity contribution in [2.24, 2.45) is 0 Å². The van der Waals surface area contributed by atoms with Gasteiger partial charge in [0, 0.05) is 24.6 Å². The average molecular weight is 417 g/mol. The maximum absolute atomic E-state index is 12.5. The number of carbonyl (C=O) groups excluding carboxylic acids is 1. The Balaban J connectivity index is 2.03. The Morgan fingerprint density at radius 1 is 1.07 bits per heavy atom. The standard InChI is InChI=1S/C21H28N4O3S/c1-6-25(7-2)29(27,28)18-11-8-16(9-12-18)10-13-19(26)24-17-14-22-20(23-15-17)21(3,4)5/h8-15H,6-7H2,1-5H3,(H,24,26)/b13-10+. The molecule has 8 heteroatoms. The summed E-state index contributed by atoms with van der Waals surface area (Å²) >= 11 is 0. The topological polar surface area (TPSA) is 92.3 Å². The molecule has 1 heterocycles. The van der Waals surface area contributed by atoms with Crippen LogP contribution in [0.5, 0.6) is 0 Å². The van der Waals surface area contributed by atoms with Crippen LogP contribution in [0.1, 0.15) is 46.0 Å². The fourth-order valence-corrected chi connectivity index (χ4v) is 4.06. The number of carbonyl (C=O) groups is 1. The monoisotopic (exact) mass is 416 g/mol. The van der Waals surface area contributed by atoms with Gasteiger partial charge in [0.25, 0.3) is 0 Å². The van der Waals surface area contributed by atoms with E-state index in [2.05, 4.69) is 15.3 Å². The van der Waals surface area contributed by atoms with E-state index in [9.17, 15) is 13.2 Å². The SMILES string of the molecule is CCN(CC)S(=O)(=O)c1ccc(/C=C/C(=O)Nc2cnc(C(C)(C)C)nc2)cc1. The van der Waals surface area contributed by atoms with Gasteiger partial charge >= 0.3 is 0 Å². The number of anilines is 1. The van der Waals surface area contributed by atoms with Crippen LogP contribution >= 0.6 is 0 Å². The molecule has 2 rings (SSSR count). The van der Waals surface area contributed by atoms with Crippen LogP contribution in [0.4, 0.5) is 5.69 Å². The van der Waals surface area contributed by atoms with Crippen LogP contribution in [0.25, 0.3) is 6.08 Å². The highest BCUT2D eigenvalue weighted by Gasteiger charge is 2.21. The molecule has 0 unspecified atom stereocenters. The van der Waals surface area contributed by atoms with E-state index < -0.39 is 10.0 Å². The normalized spacial score (nSPS) is 12.5. The summed E-state index contributed by atoms with van der Waals surface area (Å²) in [5.41, 5.74) is 1.07. The minimum Gasteiger partial charge on any atom is -0.320 e. The minimum absolute atomic E-state index is 0.159. The van der Waals surface area contributed by atoms with Crippen LogP contribution in [-0.4, -0.2) is 41.7 Å². The third-order valence-corrected chi connectivity index (χ3v) is 6.30. The van der Waals surface area contributed by atoms with E-state index in [-0.39, 0.29) is 16.2 Å². The Kier molecular flexibility index (Phi) is 7.26. The summed E-state index contributed by atoms with van der Waals surface area (Å²) in [5, 5.41) is 2.70. The van der Waals surface area contributed by atoms with Crippen molar-refractivity contribution in [3.63, 3.8) is 0 Å². The van der Waals surface area contributed by atoms with Gasteiger partial charge in [-0.15, -0.1) is 0 Å². The van der Waals surface area contributed by atoms with Crippen molar-refractivity contribution in [2.45, 2.75) is 44.9 Å². The second-order valence-electron chi connectivity index (χ2n) is 7.53. The van der Waals surface area contributed by atoms with Gasteiger partial charge in [-0.3, -0.25) is 4.79 Å². The highest BCUT2D eigenvalue weighted by atomic mass is 32.2. The third-order valence-electron chi connectivity index (χ3n) is 4.24. The molecule has 0 fully saturated rings. The van der Waals surface area contributed by atoms with E-state index >= 15 is 0 Å². The molecule has 0 atom stereocenters. The fraction of sp³-hybridized carbons (Fsp3) is 0.381. The van der Waals surface area contributed by atoms with Crippen LogP contribution in [0.3, 0.4) is 0 Å². The number of hydrogen-bond donors (Lipinski definition) is 1. The first kappa shape index (κ1) is 22.7. The summed E-state index contributed by atoms with van der Waals surface area (Å²) in [4.78, 5) is 20.9. The number of nitrogens with zero attached hydrogens (tertiary/aromatic N) is 3. The molecule has 0 saturated carbocycles. The second-order valence-corrected chi connectivity index (χ2v) is 9.46. The molecule has 0 aliphatic heterocycles. The summed E-state index contributed by atoms with van der Waals surface area (Å²) in [6.45, 7) is 10.5. The van der Waals surface area contributed by atoms with Crippen LogP contribution in [0, 0.1) is 0 Å². The molecule has 0 bridgehead atoms. The van der Waals surface area contributed by atoms with Crippen LogP contribution in [0.15, 0.2) is 47.6 Å². The highest BCUT2D eigenvalue weighted by molar-refractivity contribution is 7.89. The lowest BCUT2D eigenvalue weighted by molar-refractivity contribution is -0.111. The Hall–Kier alpha value is -2.58. The molecule has 1 aromatic heterocycles. The highest BCUT2D eigenvalue weighted by Crippen LogP contribution is 2.19. The average Bonchev–Trinajstić information content (AvgIpc) is 2.67. The summed E-state index contributed by atoms with van der Waals surface area (Å²) in [6, 6.07) is 6.43. The van der Waals surface area contributed by atoms with Gasteiger partial charge in [0.1, 0.15) is 5.82 Å². The molecular formula is C21H28N4O3S. The van der Waals surface area contributed by atoms with E-state index in [0.29, 0.717) is 24.6 Å². The van der Waals surface area contributed by atoms with Gasteiger partial charge in [0.15, 0.2) is 0 Å². The lowest BCUT2D eigenvalue weighted by Crippen LogP contribution is -2.30. The zero-order valence-electron chi connectivity index (χ0n) is 17.5. The number of aromatic nitrogens is 2. The van der Waals surface area contributed by atoms with Crippen LogP contribution in [-0.2, 0) is 20.2 Å². The molecule has 156 valence electrons. The Bertz CT molecular complexity index is 956. The van der Waals surface area contributed by atoms with Gasteiger partial charge in [0.05, 0.1) is 23.0 Å². The summed E-state index contributed by atoms with van der Waals surface area (Å²) in [6.07, 6.45) is 6.15. The molecule has 7 nitrogen and oxygen atoms in total. The first-order valence-electron chi connectivity index (χ1n) is 9.49. The number of nitrogens with one attached hydrogen (secondary N) is 1. The van der Waals surface area contributed by atoms with Crippen molar-refractivity contribution >= 4 is 27.7 Å². The van der Waals surface area contributed by atoms with Gasteiger partial charge in [-0.05, 0) is 23.8 Å². The lowest BCUT2D eigenvalue weighted by Gasteiger charge is -2.18. The smallest absolute Gasteiger partial charge is 0.248 e. The van der Waals surface area contributed by atoms with E-state index in [1.807, 2.05) is 20.8 Å². The predicted molar refractivity (Wildman–Crippen MR) is 115 cm³/mol. The van der Waals surface area contributed by atoms with Gasteiger partial charge in [-0.2, -0.15) is 4.31 Å². The Morgan fingerprint density at radius 2 is 1.62 bits per heavy atom. The summed E-state index contributed by atoms with van der Waals surface area (Å²) in [5.74, 6) is 0.378. The van der Waals surface area contributed by atoms with Gasteiger partial charge in [-0.1, -0.05) is 46.8 Å². The molecule has 0 saturated heterocycles. The van der Waals surface area contributed by atoms with Crippen molar-refractivity contribution in [3.8, 4) is 0 Å². The van der Waals surface area contributed by atoms with Crippen molar-refractivity contribution in [2.75, 3.05) is 18.4 Å². The van der Waals surface area contributed by atoms with Crippen molar-refractivity contribution in [1.29, 1.82) is 0 Å². The minimum atomic E-state index is -3.49. The zero-order valence-corrected chi connectivity index (χ0v) is 18.3. The van der Waals surface area contributed by atoms with E-state index in [0.717, 1.165) is 5.56 Å². The van der Waals surface area contributed by atoms with Gasteiger partial charge < -0.3 is 5.32 Å². The van der Waals surface area contributed by atoms with Crippen molar-refractivity contribution < 1.29 is 13.2 Å². The molecule has 0 aliphatic rings. The van der Waals surface area contributed by atoms with Crippen molar-refractivity contribution in [3.05, 3.63) is 54.1 Å². The molecule has 2 aromatic rings. The predicted octanol–water partition coefficient (Wildman–Crippen LogP) is 3.46. The first-order chi connectivity index (χ1) is 13.6. The number of rotatable bonds is 7. The molecular weight excluding hydrogens is 388 g/mol. The molecule has 0 spiro atoms. The Labute approximate surface area is 172 Å². The van der Waals surface area contributed by atoms with Crippen molar-refractivity contribution in [1.82, 2.24) is 14.3 Å². The number of amides is 1. The molecule has 1 aromatic carbocycles. The zero-order chi connectivity index (χ0) is 21.7. The fourth-order valence-electron chi connectivity index (χ4n) is 2.60. The van der Waals surface area contributed by atoms with E-state index in [4.69, 9.17) is 0 Å². The number of hydrogen-bond acceptors (Lipinski definition) is 5. The van der Waals surface area contributed by atoms with Crippen LogP contribution in [0.2, 0.25) is 0 Å². The largest absolute Gasteiger partial charge is 0.320 e. The van der Waals surface area contributed by atoms with Gasteiger partial charge in [-0.25, -0.2) is 18.4 Å². The first-order valence-corrected chi connectivity index (χ1v) is 10.9. The summed E-state index contributed by atoms with van der Waals surface area (Å²) < 4.78 is 26.4.